The lowest BCUT2D eigenvalue weighted by Gasteiger charge is -2.28. The third-order valence-corrected chi connectivity index (χ3v) is 3.78. The molecule has 0 radical (unpaired) electrons. The van der Waals surface area contributed by atoms with Crippen LogP contribution in [0.25, 0.3) is 0 Å². The van der Waals surface area contributed by atoms with E-state index in [0.717, 1.165) is 19.4 Å². The number of nitrogens with zero attached hydrogens (tertiary/aromatic N) is 1. The zero-order chi connectivity index (χ0) is 14.0. The minimum atomic E-state index is -0.104. The highest BCUT2D eigenvalue weighted by atomic mass is 16.5. The van der Waals surface area contributed by atoms with E-state index in [2.05, 4.69) is 13.8 Å². The van der Waals surface area contributed by atoms with Gasteiger partial charge < -0.3 is 14.7 Å². The van der Waals surface area contributed by atoms with Crippen LogP contribution in [-0.4, -0.2) is 35.6 Å². The summed E-state index contributed by atoms with van der Waals surface area (Å²) in [4.78, 5) is 14.4. The van der Waals surface area contributed by atoms with Crippen molar-refractivity contribution in [2.45, 2.75) is 32.7 Å². The number of carbonyl (C=O) groups is 1. The van der Waals surface area contributed by atoms with Crippen molar-refractivity contribution in [1.82, 2.24) is 4.90 Å². The molecule has 0 spiro atoms. The molecule has 1 aromatic carbocycles. The van der Waals surface area contributed by atoms with Crippen molar-refractivity contribution in [3.8, 4) is 11.5 Å². The molecule has 1 amide bonds. The van der Waals surface area contributed by atoms with Gasteiger partial charge in [-0.2, -0.15) is 0 Å². The Morgan fingerprint density at radius 2 is 2.21 bits per heavy atom. The average Bonchev–Trinajstić information content (AvgIpc) is 2.87. The summed E-state index contributed by atoms with van der Waals surface area (Å²) in [5.74, 6) is 0.599. The number of amides is 1. The van der Waals surface area contributed by atoms with Gasteiger partial charge in [-0.05, 0) is 30.9 Å². The Morgan fingerprint density at radius 3 is 2.84 bits per heavy atom. The maximum atomic E-state index is 12.6. The van der Waals surface area contributed by atoms with Crippen molar-refractivity contribution >= 4 is 5.91 Å². The fraction of sp³-hybridized carbons (Fsp3) is 0.533. The summed E-state index contributed by atoms with van der Waals surface area (Å²) in [5, 5.41) is 10.1. The van der Waals surface area contributed by atoms with Crippen molar-refractivity contribution in [2.24, 2.45) is 5.92 Å². The van der Waals surface area contributed by atoms with Crippen molar-refractivity contribution in [3.05, 3.63) is 23.8 Å². The van der Waals surface area contributed by atoms with Gasteiger partial charge >= 0.3 is 0 Å². The Morgan fingerprint density at radius 1 is 1.47 bits per heavy atom. The van der Waals surface area contributed by atoms with Crippen LogP contribution in [0.1, 0.15) is 37.0 Å². The molecule has 19 heavy (non-hydrogen) atoms. The topological polar surface area (TPSA) is 49.8 Å². The van der Waals surface area contributed by atoms with Gasteiger partial charge in [-0.15, -0.1) is 0 Å². The molecule has 1 aliphatic heterocycles. The molecular formula is C15H21NO3. The zero-order valence-corrected chi connectivity index (χ0v) is 11.7. The predicted octanol–water partition coefficient (Wildman–Crippen LogP) is 2.66. The predicted molar refractivity (Wildman–Crippen MR) is 73.6 cm³/mol. The lowest BCUT2D eigenvalue weighted by molar-refractivity contribution is 0.0698. The molecule has 0 aromatic heterocycles. The van der Waals surface area contributed by atoms with Crippen LogP contribution in [-0.2, 0) is 0 Å². The lowest BCUT2D eigenvalue weighted by atomic mass is 10.0. The van der Waals surface area contributed by atoms with Gasteiger partial charge in [0.2, 0.25) is 0 Å². The fourth-order valence-electron chi connectivity index (χ4n) is 2.75. The van der Waals surface area contributed by atoms with Crippen molar-refractivity contribution in [3.63, 3.8) is 0 Å². The normalized spacial score (nSPS) is 18.9. The van der Waals surface area contributed by atoms with Crippen molar-refractivity contribution < 1.29 is 14.6 Å². The molecule has 0 aliphatic carbocycles. The Hall–Kier alpha value is -1.71. The second-order valence-electron chi connectivity index (χ2n) is 5.31. The van der Waals surface area contributed by atoms with E-state index in [1.54, 1.807) is 18.2 Å². The molecule has 4 heteroatoms. The van der Waals surface area contributed by atoms with Gasteiger partial charge in [0.05, 0.1) is 12.7 Å². The number of rotatable bonds is 3. The molecule has 1 aromatic rings. The molecule has 1 saturated heterocycles. The molecule has 1 aliphatic rings. The number of ether oxygens (including phenoxy) is 1. The van der Waals surface area contributed by atoms with Crippen LogP contribution in [0, 0.1) is 5.92 Å². The molecule has 1 heterocycles. The molecule has 1 atom stereocenters. The van der Waals surface area contributed by atoms with Crippen LogP contribution < -0.4 is 4.74 Å². The molecule has 0 saturated carbocycles. The van der Waals surface area contributed by atoms with E-state index in [1.807, 2.05) is 4.90 Å². The van der Waals surface area contributed by atoms with Gasteiger partial charge in [0.1, 0.15) is 0 Å². The molecular weight excluding hydrogens is 242 g/mol. The van der Waals surface area contributed by atoms with E-state index >= 15 is 0 Å². The van der Waals surface area contributed by atoms with Crippen molar-refractivity contribution in [1.29, 1.82) is 0 Å². The molecule has 104 valence electrons. The number of likely N-dealkylation sites (tertiary alicyclic amines) is 1. The molecule has 1 unspecified atom stereocenters. The number of carbonyl (C=O) groups excluding carboxylic acids is 1. The summed E-state index contributed by atoms with van der Waals surface area (Å²) in [6.07, 6.45) is 2.06. The van der Waals surface area contributed by atoms with Crippen LogP contribution >= 0.6 is 0 Å². The Labute approximate surface area is 114 Å². The minimum Gasteiger partial charge on any atom is -0.504 e. The molecule has 4 nitrogen and oxygen atoms in total. The lowest BCUT2D eigenvalue weighted by Crippen LogP contribution is -2.38. The van der Waals surface area contributed by atoms with Crippen LogP contribution in [0.3, 0.4) is 0 Å². The first kappa shape index (κ1) is 13.7. The Balaban J connectivity index is 2.29. The number of phenolic OH excluding ortho intramolecular Hbond substituents is 1. The third-order valence-electron chi connectivity index (χ3n) is 3.78. The van der Waals surface area contributed by atoms with Gasteiger partial charge in [-0.1, -0.05) is 19.9 Å². The van der Waals surface area contributed by atoms with Crippen molar-refractivity contribution in [2.75, 3.05) is 13.7 Å². The van der Waals surface area contributed by atoms with E-state index in [9.17, 15) is 9.90 Å². The standard InChI is InChI=1S/C15H21NO3/c1-10(2)12-7-5-9-16(12)15(18)11-6-4-8-13(19-3)14(11)17/h4,6,8,10,12,17H,5,7,9H2,1-3H3. The number of phenols is 1. The van der Waals surface area contributed by atoms with E-state index in [4.69, 9.17) is 4.74 Å². The first-order valence-electron chi connectivity index (χ1n) is 6.73. The maximum absolute atomic E-state index is 12.6. The number of hydrogen-bond acceptors (Lipinski definition) is 3. The molecule has 1 fully saturated rings. The van der Waals surface area contributed by atoms with Crippen LogP contribution in [0.5, 0.6) is 11.5 Å². The summed E-state index contributed by atoms with van der Waals surface area (Å²) in [6.45, 7) is 5.02. The second-order valence-corrected chi connectivity index (χ2v) is 5.31. The van der Waals surface area contributed by atoms with Crippen LogP contribution in [0.4, 0.5) is 0 Å². The number of benzene rings is 1. The Bertz CT molecular complexity index is 470. The zero-order valence-electron chi connectivity index (χ0n) is 11.7. The molecule has 2 rings (SSSR count). The number of aromatic hydroxyl groups is 1. The van der Waals surface area contributed by atoms with Gasteiger partial charge in [-0.25, -0.2) is 0 Å². The SMILES string of the molecule is COc1cccc(C(=O)N2CCCC2C(C)C)c1O. The minimum absolute atomic E-state index is 0.0654. The van der Waals surface area contributed by atoms with Gasteiger partial charge in [0.15, 0.2) is 11.5 Å². The van der Waals surface area contributed by atoms with E-state index in [1.165, 1.54) is 7.11 Å². The van der Waals surface area contributed by atoms with Gasteiger partial charge in [0.25, 0.3) is 5.91 Å². The molecule has 1 N–H and O–H groups in total. The largest absolute Gasteiger partial charge is 0.504 e. The maximum Gasteiger partial charge on any atom is 0.258 e. The van der Waals surface area contributed by atoms with E-state index in [-0.39, 0.29) is 17.7 Å². The highest BCUT2D eigenvalue weighted by molar-refractivity contribution is 5.98. The quantitative estimate of drug-likeness (QED) is 0.912. The second kappa shape index (κ2) is 5.51. The summed E-state index contributed by atoms with van der Waals surface area (Å²) >= 11 is 0. The number of methoxy groups -OCH3 is 1. The number of para-hydroxylation sites is 1. The monoisotopic (exact) mass is 263 g/mol. The third kappa shape index (κ3) is 2.53. The smallest absolute Gasteiger partial charge is 0.258 e. The fourth-order valence-corrected chi connectivity index (χ4v) is 2.75. The highest BCUT2D eigenvalue weighted by Crippen LogP contribution is 2.33. The molecule has 0 bridgehead atoms. The Kier molecular flexibility index (Phi) is 3.98. The first-order chi connectivity index (χ1) is 9.06. The average molecular weight is 263 g/mol. The van der Waals surface area contributed by atoms with Gasteiger partial charge in [-0.3, -0.25) is 4.79 Å². The highest BCUT2D eigenvalue weighted by Gasteiger charge is 2.32. The first-order valence-corrected chi connectivity index (χ1v) is 6.73. The summed E-state index contributed by atoms with van der Waals surface area (Å²) in [5.41, 5.74) is 0.326. The van der Waals surface area contributed by atoms with E-state index in [0.29, 0.717) is 17.2 Å². The van der Waals surface area contributed by atoms with Crippen LogP contribution in [0.2, 0.25) is 0 Å². The summed E-state index contributed by atoms with van der Waals surface area (Å²) in [6, 6.07) is 5.29. The van der Waals surface area contributed by atoms with E-state index < -0.39 is 0 Å². The summed E-state index contributed by atoms with van der Waals surface area (Å²) in [7, 11) is 1.48. The van der Waals surface area contributed by atoms with Crippen LogP contribution in [0.15, 0.2) is 18.2 Å². The number of hydrogen-bond donors (Lipinski definition) is 1. The summed E-state index contributed by atoms with van der Waals surface area (Å²) < 4.78 is 5.05. The van der Waals surface area contributed by atoms with Gasteiger partial charge in [0, 0.05) is 12.6 Å².